The molecule has 0 radical (unpaired) electrons. The quantitative estimate of drug-likeness (QED) is 0.714. The van der Waals surface area contributed by atoms with Gasteiger partial charge in [0.25, 0.3) is 0 Å². The maximum Gasteiger partial charge on any atom is 0.236 e. The average molecular weight is 320 g/mol. The number of fused-ring (bicyclic) bond motifs is 1. The van der Waals surface area contributed by atoms with Crippen molar-refractivity contribution in [3.8, 4) is 11.3 Å². The molecule has 0 saturated heterocycles. The van der Waals surface area contributed by atoms with Crippen molar-refractivity contribution in [1.29, 1.82) is 0 Å². The molecule has 0 saturated carbocycles. The van der Waals surface area contributed by atoms with Gasteiger partial charge in [0.05, 0.1) is 22.5 Å². The van der Waals surface area contributed by atoms with Gasteiger partial charge in [-0.1, -0.05) is 53.6 Å². The van der Waals surface area contributed by atoms with Crippen molar-refractivity contribution >= 4 is 32.5 Å². The molecular formula is C16H14ClNO2S. The van der Waals surface area contributed by atoms with Crippen LogP contribution in [0.5, 0.6) is 0 Å². The van der Waals surface area contributed by atoms with Crippen LogP contribution in [-0.4, -0.2) is 18.6 Å². The second-order valence-electron chi connectivity index (χ2n) is 5.08. The fourth-order valence-corrected chi connectivity index (χ4v) is 3.96. The van der Waals surface area contributed by atoms with Gasteiger partial charge in [0, 0.05) is 10.9 Å². The van der Waals surface area contributed by atoms with Crippen molar-refractivity contribution in [2.75, 3.05) is 6.26 Å². The molecule has 0 aliphatic rings. The van der Waals surface area contributed by atoms with Crippen molar-refractivity contribution in [1.82, 2.24) is 3.97 Å². The predicted octanol–water partition coefficient (Wildman–Crippen LogP) is 4.08. The molecule has 0 fully saturated rings. The Bertz CT molecular complexity index is 928. The van der Waals surface area contributed by atoms with Crippen molar-refractivity contribution < 1.29 is 8.42 Å². The number of halogens is 1. The van der Waals surface area contributed by atoms with Crippen LogP contribution in [0.3, 0.4) is 0 Å². The van der Waals surface area contributed by atoms with E-state index in [1.54, 1.807) is 6.07 Å². The third kappa shape index (κ3) is 2.34. The number of benzene rings is 2. The van der Waals surface area contributed by atoms with Gasteiger partial charge in [0.2, 0.25) is 10.0 Å². The van der Waals surface area contributed by atoms with Crippen LogP contribution in [0.4, 0.5) is 0 Å². The highest BCUT2D eigenvalue weighted by molar-refractivity contribution is 7.89. The van der Waals surface area contributed by atoms with Crippen molar-refractivity contribution in [2.45, 2.75) is 6.92 Å². The standard InChI is InChI=1S/C16H14ClNO2S/c1-11-8-9-14-13(10-11)15(17)16(18(14)21(2,19)20)12-6-4-3-5-7-12/h3-10H,1-2H3. The third-order valence-corrected chi connectivity index (χ3v) is 4.82. The van der Waals surface area contributed by atoms with Crippen LogP contribution in [-0.2, 0) is 10.0 Å². The van der Waals surface area contributed by atoms with Gasteiger partial charge in [-0.05, 0) is 19.1 Å². The maximum absolute atomic E-state index is 12.2. The highest BCUT2D eigenvalue weighted by Crippen LogP contribution is 2.38. The molecule has 2 aromatic carbocycles. The Morgan fingerprint density at radius 1 is 1.05 bits per heavy atom. The first-order valence-electron chi connectivity index (χ1n) is 6.46. The summed E-state index contributed by atoms with van der Waals surface area (Å²) < 4.78 is 25.8. The molecule has 21 heavy (non-hydrogen) atoms. The molecule has 5 heteroatoms. The minimum atomic E-state index is -3.47. The minimum absolute atomic E-state index is 0.463. The predicted molar refractivity (Wildman–Crippen MR) is 87.4 cm³/mol. The summed E-state index contributed by atoms with van der Waals surface area (Å²) in [6.07, 6.45) is 1.19. The fraction of sp³-hybridized carbons (Fsp3) is 0.125. The maximum atomic E-state index is 12.2. The largest absolute Gasteiger partial charge is 0.236 e. The van der Waals surface area contributed by atoms with Crippen molar-refractivity contribution in [3.05, 3.63) is 59.1 Å². The summed E-state index contributed by atoms with van der Waals surface area (Å²) in [5.74, 6) is 0. The number of aryl methyl sites for hydroxylation is 1. The molecule has 1 aromatic heterocycles. The monoisotopic (exact) mass is 319 g/mol. The molecular weight excluding hydrogens is 306 g/mol. The fourth-order valence-electron chi connectivity index (χ4n) is 2.52. The Kier molecular flexibility index (Phi) is 3.30. The van der Waals surface area contributed by atoms with Crippen LogP contribution in [0.2, 0.25) is 5.02 Å². The highest BCUT2D eigenvalue weighted by atomic mass is 35.5. The van der Waals surface area contributed by atoms with E-state index in [-0.39, 0.29) is 0 Å². The van der Waals surface area contributed by atoms with E-state index in [0.717, 1.165) is 16.5 Å². The van der Waals surface area contributed by atoms with Gasteiger partial charge in [-0.2, -0.15) is 0 Å². The molecule has 0 aliphatic heterocycles. The molecule has 0 spiro atoms. The molecule has 0 atom stereocenters. The Morgan fingerprint density at radius 2 is 1.71 bits per heavy atom. The van der Waals surface area contributed by atoms with Crippen LogP contribution in [0.15, 0.2) is 48.5 Å². The van der Waals surface area contributed by atoms with Gasteiger partial charge in [0.1, 0.15) is 0 Å². The van der Waals surface area contributed by atoms with Crippen molar-refractivity contribution in [2.24, 2.45) is 0 Å². The van der Waals surface area contributed by atoms with E-state index in [2.05, 4.69) is 0 Å². The van der Waals surface area contributed by atoms with Gasteiger partial charge >= 0.3 is 0 Å². The molecule has 1 heterocycles. The zero-order chi connectivity index (χ0) is 15.2. The lowest BCUT2D eigenvalue weighted by atomic mass is 10.1. The number of rotatable bonds is 2. The average Bonchev–Trinajstić information content (AvgIpc) is 2.73. The molecule has 0 amide bonds. The summed E-state index contributed by atoms with van der Waals surface area (Å²) in [6, 6.07) is 14.9. The Morgan fingerprint density at radius 3 is 2.33 bits per heavy atom. The van der Waals surface area contributed by atoms with Crippen LogP contribution < -0.4 is 0 Å². The highest BCUT2D eigenvalue weighted by Gasteiger charge is 2.22. The van der Waals surface area contributed by atoms with E-state index in [9.17, 15) is 8.42 Å². The zero-order valence-electron chi connectivity index (χ0n) is 11.7. The van der Waals surface area contributed by atoms with Gasteiger partial charge in [0.15, 0.2) is 0 Å². The molecule has 3 aromatic rings. The van der Waals surface area contributed by atoms with Crippen LogP contribution in [0, 0.1) is 6.92 Å². The molecule has 0 bridgehead atoms. The molecule has 3 rings (SSSR count). The summed E-state index contributed by atoms with van der Waals surface area (Å²) >= 11 is 6.49. The van der Waals surface area contributed by atoms with E-state index in [1.165, 1.54) is 10.2 Å². The first kappa shape index (κ1) is 14.2. The smallest absolute Gasteiger partial charge is 0.236 e. The van der Waals surface area contributed by atoms with E-state index in [1.807, 2.05) is 49.4 Å². The normalized spacial score (nSPS) is 12.0. The molecule has 0 aliphatic carbocycles. The first-order valence-corrected chi connectivity index (χ1v) is 8.69. The topological polar surface area (TPSA) is 39.1 Å². The lowest BCUT2D eigenvalue weighted by molar-refractivity contribution is 0.595. The van der Waals surface area contributed by atoms with E-state index >= 15 is 0 Å². The first-order chi connectivity index (χ1) is 9.89. The van der Waals surface area contributed by atoms with E-state index in [0.29, 0.717) is 16.2 Å². The number of nitrogens with zero attached hydrogens (tertiary/aromatic N) is 1. The van der Waals surface area contributed by atoms with Gasteiger partial charge in [-0.3, -0.25) is 0 Å². The SMILES string of the molecule is Cc1ccc2c(c1)c(Cl)c(-c1ccccc1)n2S(C)(=O)=O. The Labute approximate surface area is 128 Å². The molecule has 0 N–H and O–H groups in total. The lowest BCUT2D eigenvalue weighted by Gasteiger charge is -2.08. The Balaban J connectivity index is 2.52. The molecule has 108 valence electrons. The Hall–Kier alpha value is -1.78. The van der Waals surface area contributed by atoms with Gasteiger partial charge < -0.3 is 0 Å². The molecule has 3 nitrogen and oxygen atoms in total. The van der Waals surface area contributed by atoms with Crippen LogP contribution in [0.1, 0.15) is 5.56 Å². The number of aromatic nitrogens is 1. The lowest BCUT2D eigenvalue weighted by Crippen LogP contribution is -2.11. The summed E-state index contributed by atoms with van der Waals surface area (Å²) in [4.78, 5) is 0. The summed E-state index contributed by atoms with van der Waals surface area (Å²) in [5.41, 5.74) is 2.93. The van der Waals surface area contributed by atoms with E-state index in [4.69, 9.17) is 11.6 Å². The summed E-state index contributed by atoms with van der Waals surface area (Å²) in [5, 5.41) is 1.21. The second kappa shape index (κ2) is 4.90. The van der Waals surface area contributed by atoms with E-state index < -0.39 is 10.0 Å². The summed E-state index contributed by atoms with van der Waals surface area (Å²) in [6.45, 7) is 1.95. The number of hydrogen-bond acceptors (Lipinski definition) is 2. The van der Waals surface area contributed by atoms with Gasteiger partial charge in [-0.25, -0.2) is 12.4 Å². The zero-order valence-corrected chi connectivity index (χ0v) is 13.2. The second-order valence-corrected chi connectivity index (χ2v) is 7.29. The summed E-state index contributed by atoms with van der Waals surface area (Å²) in [7, 11) is -3.47. The molecule has 0 unspecified atom stereocenters. The van der Waals surface area contributed by atoms with Crippen LogP contribution >= 0.6 is 11.6 Å². The van der Waals surface area contributed by atoms with Gasteiger partial charge in [-0.15, -0.1) is 0 Å². The van der Waals surface area contributed by atoms with Crippen molar-refractivity contribution in [3.63, 3.8) is 0 Å². The minimum Gasteiger partial charge on any atom is -0.236 e. The van der Waals surface area contributed by atoms with Crippen LogP contribution in [0.25, 0.3) is 22.2 Å². The third-order valence-electron chi connectivity index (χ3n) is 3.40. The number of hydrogen-bond donors (Lipinski definition) is 0.